The Balaban J connectivity index is 1.34. The van der Waals surface area contributed by atoms with Crippen molar-refractivity contribution in [2.24, 2.45) is 0 Å². The number of hydrogen-bond acceptors (Lipinski definition) is 2. The molecule has 6 heteroatoms. The van der Waals surface area contributed by atoms with E-state index in [4.69, 9.17) is 4.74 Å². The summed E-state index contributed by atoms with van der Waals surface area (Å²) in [5.74, 6) is -0.0311. The molecule has 3 nitrogen and oxygen atoms in total. The number of ether oxygens (including phenoxy) is 1. The van der Waals surface area contributed by atoms with Gasteiger partial charge in [-0.3, -0.25) is 0 Å². The normalized spacial score (nSPS) is 13.1. The fraction of sp³-hybridized carbons (Fsp3) is 0.192. The average molecular weight is 437 g/mol. The maximum atomic E-state index is 13.0. The molecule has 0 spiro atoms. The number of halogens is 3. The average Bonchev–Trinajstić information content (AvgIpc) is 3.09. The van der Waals surface area contributed by atoms with Crippen molar-refractivity contribution < 1.29 is 22.7 Å². The lowest BCUT2D eigenvalue weighted by Crippen LogP contribution is -2.26. The van der Waals surface area contributed by atoms with Gasteiger partial charge >= 0.3 is 12.3 Å². The molecule has 0 aromatic heterocycles. The van der Waals surface area contributed by atoms with E-state index in [1.54, 1.807) is 18.2 Å². The zero-order valence-electron chi connectivity index (χ0n) is 17.4. The van der Waals surface area contributed by atoms with Crippen molar-refractivity contribution in [2.75, 3.05) is 13.2 Å². The summed E-state index contributed by atoms with van der Waals surface area (Å²) in [6.45, 7) is 1.78. The van der Waals surface area contributed by atoms with Crippen molar-refractivity contribution in [1.82, 2.24) is 5.32 Å². The van der Waals surface area contributed by atoms with Gasteiger partial charge in [-0.25, -0.2) is 4.79 Å². The van der Waals surface area contributed by atoms with E-state index in [0.717, 1.165) is 28.3 Å². The van der Waals surface area contributed by atoms with Gasteiger partial charge in [0.15, 0.2) is 0 Å². The predicted octanol–water partition coefficient (Wildman–Crippen LogP) is 6.57. The number of benzene rings is 3. The molecule has 4 rings (SSSR count). The second kappa shape index (κ2) is 8.91. The minimum atomic E-state index is -4.40. The molecule has 0 aliphatic heterocycles. The third kappa shape index (κ3) is 4.40. The van der Waals surface area contributed by atoms with Crippen LogP contribution >= 0.6 is 0 Å². The maximum absolute atomic E-state index is 13.0. The molecule has 1 amide bonds. The highest BCUT2D eigenvalue weighted by Gasteiger charge is 2.32. The summed E-state index contributed by atoms with van der Waals surface area (Å²) in [6, 6.07) is 20.2. The molecular formula is C26H22F3NO2. The van der Waals surface area contributed by atoms with Gasteiger partial charge in [0.2, 0.25) is 0 Å². The Hall–Kier alpha value is -3.54. The van der Waals surface area contributed by atoms with Crippen LogP contribution in [0.25, 0.3) is 17.2 Å². The number of hydrogen-bond donors (Lipinski definition) is 1. The van der Waals surface area contributed by atoms with E-state index in [1.807, 2.05) is 36.4 Å². The molecule has 1 aliphatic carbocycles. The molecule has 0 bridgehead atoms. The van der Waals surface area contributed by atoms with Gasteiger partial charge in [0.05, 0.1) is 5.56 Å². The molecular weight excluding hydrogens is 415 g/mol. The lowest BCUT2D eigenvalue weighted by Gasteiger charge is -2.14. The summed E-state index contributed by atoms with van der Waals surface area (Å²) in [4.78, 5) is 12.2. The number of rotatable bonds is 5. The summed E-state index contributed by atoms with van der Waals surface area (Å²) in [5, 5.41) is 2.62. The van der Waals surface area contributed by atoms with Crippen LogP contribution in [-0.2, 0) is 10.9 Å². The lowest BCUT2D eigenvalue weighted by molar-refractivity contribution is -0.138. The molecule has 0 fully saturated rings. The molecule has 0 radical (unpaired) electrons. The molecule has 0 heterocycles. The summed E-state index contributed by atoms with van der Waals surface area (Å²) < 4.78 is 44.5. The second-order valence-electron chi connectivity index (χ2n) is 7.63. The molecule has 1 aliphatic rings. The third-order valence-electron chi connectivity index (χ3n) is 5.69. The first-order valence-corrected chi connectivity index (χ1v) is 10.3. The SMILES string of the molecule is Cc1c(C=CCNC(=O)OCC2c3ccccc3-c3ccccc32)cccc1C(F)(F)F. The predicted molar refractivity (Wildman–Crippen MR) is 118 cm³/mol. The van der Waals surface area contributed by atoms with E-state index in [2.05, 4.69) is 17.4 Å². The van der Waals surface area contributed by atoms with Gasteiger partial charge < -0.3 is 10.1 Å². The third-order valence-corrected chi connectivity index (χ3v) is 5.69. The first-order valence-electron chi connectivity index (χ1n) is 10.3. The van der Waals surface area contributed by atoms with Crippen molar-refractivity contribution in [1.29, 1.82) is 0 Å². The van der Waals surface area contributed by atoms with Crippen LogP contribution in [0.15, 0.2) is 72.8 Å². The second-order valence-corrected chi connectivity index (χ2v) is 7.63. The molecule has 164 valence electrons. The highest BCUT2D eigenvalue weighted by molar-refractivity contribution is 5.79. The monoisotopic (exact) mass is 437 g/mol. The van der Waals surface area contributed by atoms with E-state index in [0.29, 0.717) is 5.56 Å². The Labute approximate surface area is 184 Å². The maximum Gasteiger partial charge on any atom is 0.416 e. The van der Waals surface area contributed by atoms with Gasteiger partial charge in [-0.2, -0.15) is 13.2 Å². The molecule has 3 aromatic rings. The Morgan fingerprint density at radius 2 is 1.59 bits per heavy atom. The number of carbonyl (C=O) groups is 1. The molecule has 3 aromatic carbocycles. The number of alkyl carbamates (subject to hydrolysis) is 1. The molecule has 0 unspecified atom stereocenters. The van der Waals surface area contributed by atoms with Crippen LogP contribution in [0.5, 0.6) is 0 Å². The van der Waals surface area contributed by atoms with E-state index < -0.39 is 17.8 Å². The Kier molecular flexibility index (Phi) is 6.04. The fourth-order valence-corrected chi connectivity index (χ4v) is 4.12. The standard InChI is InChI=1S/C26H22F3NO2/c1-17-18(8-6-14-24(17)26(27,28)29)9-7-15-30-25(31)32-16-23-21-12-4-2-10-19(21)20-11-3-5-13-22(20)23/h2-14,23H,15-16H2,1H3,(H,30,31). The van der Waals surface area contributed by atoms with Gasteiger partial charge in [0.25, 0.3) is 0 Å². The highest BCUT2D eigenvalue weighted by Crippen LogP contribution is 2.44. The molecule has 0 atom stereocenters. The summed E-state index contributed by atoms with van der Waals surface area (Å²) in [5.41, 5.74) is 4.49. The molecule has 0 saturated heterocycles. The molecule has 32 heavy (non-hydrogen) atoms. The largest absolute Gasteiger partial charge is 0.449 e. The van der Waals surface area contributed by atoms with Crippen molar-refractivity contribution in [3.63, 3.8) is 0 Å². The number of fused-ring (bicyclic) bond motifs is 3. The van der Waals surface area contributed by atoms with Crippen molar-refractivity contribution in [3.05, 3.63) is 101 Å². The van der Waals surface area contributed by atoms with Gasteiger partial charge in [-0.05, 0) is 46.4 Å². The van der Waals surface area contributed by atoms with Crippen molar-refractivity contribution in [3.8, 4) is 11.1 Å². The fourth-order valence-electron chi connectivity index (χ4n) is 4.12. The van der Waals surface area contributed by atoms with E-state index in [1.165, 1.54) is 13.0 Å². The quantitative estimate of drug-likeness (QED) is 0.491. The van der Waals surface area contributed by atoms with Crippen LogP contribution in [0.4, 0.5) is 18.0 Å². The first kappa shape index (κ1) is 21.7. The van der Waals surface area contributed by atoms with Gasteiger partial charge in [-0.1, -0.05) is 72.8 Å². The summed E-state index contributed by atoms with van der Waals surface area (Å²) in [7, 11) is 0. The van der Waals surface area contributed by atoms with Gasteiger partial charge in [0, 0.05) is 12.5 Å². The first-order chi connectivity index (χ1) is 15.4. The van der Waals surface area contributed by atoms with Crippen LogP contribution in [0.2, 0.25) is 0 Å². The number of alkyl halides is 3. The van der Waals surface area contributed by atoms with E-state index >= 15 is 0 Å². The van der Waals surface area contributed by atoms with Crippen LogP contribution in [0, 0.1) is 6.92 Å². The molecule has 0 saturated carbocycles. The summed E-state index contributed by atoms with van der Waals surface area (Å²) >= 11 is 0. The van der Waals surface area contributed by atoms with Crippen LogP contribution in [-0.4, -0.2) is 19.2 Å². The van der Waals surface area contributed by atoms with Crippen molar-refractivity contribution in [2.45, 2.75) is 19.0 Å². The Morgan fingerprint density at radius 3 is 2.22 bits per heavy atom. The van der Waals surface area contributed by atoms with Crippen molar-refractivity contribution >= 4 is 12.2 Å². The number of carbonyl (C=O) groups excluding carboxylic acids is 1. The highest BCUT2D eigenvalue weighted by atomic mass is 19.4. The topological polar surface area (TPSA) is 38.3 Å². The minimum Gasteiger partial charge on any atom is -0.449 e. The van der Waals surface area contributed by atoms with Gasteiger partial charge in [0.1, 0.15) is 6.61 Å². The zero-order valence-corrected chi connectivity index (χ0v) is 17.4. The smallest absolute Gasteiger partial charge is 0.416 e. The van der Waals surface area contributed by atoms with Gasteiger partial charge in [-0.15, -0.1) is 0 Å². The van der Waals surface area contributed by atoms with E-state index in [-0.39, 0.29) is 24.6 Å². The Bertz CT molecular complexity index is 1120. The number of amides is 1. The minimum absolute atomic E-state index is 0.0311. The zero-order chi connectivity index (χ0) is 22.7. The van der Waals surface area contributed by atoms with Crippen LogP contribution in [0.1, 0.15) is 33.7 Å². The lowest BCUT2D eigenvalue weighted by atomic mass is 9.98. The summed E-state index contributed by atoms with van der Waals surface area (Å²) in [6.07, 6.45) is -1.80. The van der Waals surface area contributed by atoms with Crippen LogP contribution < -0.4 is 5.32 Å². The van der Waals surface area contributed by atoms with Crippen LogP contribution in [0.3, 0.4) is 0 Å². The molecule has 1 N–H and O–H groups in total. The Morgan fingerprint density at radius 1 is 0.969 bits per heavy atom. The number of nitrogens with one attached hydrogen (secondary N) is 1. The van der Waals surface area contributed by atoms with E-state index in [9.17, 15) is 18.0 Å².